The van der Waals surface area contributed by atoms with Gasteiger partial charge in [0, 0.05) is 12.1 Å². The summed E-state index contributed by atoms with van der Waals surface area (Å²) in [7, 11) is 0. The minimum absolute atomic E-state index is 0.0974. The highest BCUT2D eigenvalue weighted by Crippen LogP contribution is 2.33. The van der Waals surface area contributed by atoms with Crippen LogP contribution in [0.2, 0.25) is 0 Å². The van der Waals surface area contributed by atoms with E-state index in [9.17, 15) is 4.79 Å². The van der Waals surface area contributed by atoms with Gasteiger partial charge in [-0.15, -0.1) is 0 Å². The number of hydrogen-bond donors (Lipinski definition) is 3. The summed E-state index contributed by atoms with van der Waals surface area (Å²) < 4.78 is 0. The number of amides is 2. The van der Waals surface area contributed by atoms with E-state index in [0.29, 0.717) is 6.54 Å². The molecule has 0 bridgehead atoms. The fourth-order valence-electron chi connectivity index (χ4n) is 1.20. The zero-order valence-electron chi connectivity index (χ0n) is 9.31. The molecule has 14 heavy (non-hydrogen) atoms. The number of hydrogen-bond acceptors (Lipinski definition) is 2. The standard InChI is InChI=1S/C10H21N3O/c1-4-9(2,3)12-8(14)13-10(7-11)5-6-10/h4-7,11H2,1-3H3,(H2,12,13,14). The van der Waals surface area contributed by atoms with Crippen molar-refractivity contribution in [3.8, 4) is 0 Å². The maximum atomic E-state index is 11.6. The molecule has 0 aliphatic heterocycles. The maximum Gasteiger partial charge on any atom is 0.315 e. The van der Waals surface area contributed by atoms with Crippen molar-refractivity contribution in [1.29, 1.82) is 0 Å². The maximum absolute atomic E-state index is 11.6. The van der Waals surface area contributed by atoms with Crippen LogP contribution in [0.25, 0.3) is 0 Å². The molecule has 0 atom stereocenters. The molecule has 1 saturated carbocycles. The van der Waals surface area contributed by atoms with Crippen LogP contribution in [0.5, 0.6) is 0 Å². The summed E-state index contributed by atoms with van der Waals surface area (Å²) in [5, 5.41) is 5.86. The Labute approximate surface area is 85.6 Å². The van der Waals surface area contributed by atoms with Gasteiger partial charge >= 0.3 is 6.03 Å². The average Bonchev–Trinajstić information content (AvgIpc) is 2.84. The van der Waals surface area contributed by atoms with Crippen LogP contribution in [0.4, 0.5) is 4.79 Å². The predicted molar refractivity (Wildman–Crippen MR) is 57.1 cm³/mol. The van der Waals surface area contributed by atoms with Gasteiger partial charge in [-0.1, -0.05) is 6.92 Å². The van der Waals surface area contributed by atoms with E-state index in [-0.39, 0.29) is 17.1 Å². The second-order valence-electron chi connectivity index (χ2n) is 4.80. The summed E-state index contributed by atoms with van der Waals surface area (Å²) in [5.74, 6) is 0. The van der Waals surface area contributed by atoms with Crippen molar-refractivity contribution in [3.05, 3.63) is 0 Å². The molecule has 2 amide bonds. The molecule has 4 nitrogen and oxygen atoms in total. The molecular weight excluding hydrogens is 178 g/mol. The lowest BCUT2D eigenvalue weighted by molar-refractivity contribution is 0.224. The Kier molecular flexibility index (Phi) is 3.04. The number of rotatable bonds is 4. The van der Waals surface area contributed by atoms with E-state index < -0.39 is 0 Å². The topological polar surface area (TPSA) is 67.2 Å². The molecular formula is C10H21N3O. The van der Waals surface area contributed by atoms with E-state index in [1.165, 1.54) is 0 Å². The summed E-state index contributed by atoms with van der Waals surface area (Å²) in [6.07, 6.45) is 2.92. The van der Waals surface area contributed by atoms with Gasteiger partial charge in [0.15, 0.2) is 0 Å². The second kappa shape index (κ2) is 3.77. The zero-order valence-corrected chi connectivity index (χ0v) is 9.31. The number of carbonyl (C=O) groups is 1. The monoisotopic (exact) mass is 199 g/mol. The number of nitrogens with one attached hydrogen (secondary N) is 2. The highest BCUT2D eigenvalue weighted by Gasteiger charge is 2.43. The molecule has 1 aliphatic rings. The van der Waals surface area contributed by atoms with Gasteiger partial charge in [0.1, 0.15) is 0 Å². The Balaban J connectivity index is 2.36. The van der Waals surface area contributed by atoms with Crippen molar-refractivity contribution in [2.45, 2.75) is 51.1 Å². The van der Waals surface area contributed by atoms with Gasteiger partial charge in [0.05, 0.1) is 5.54 Å². The van der Waals surface area contributed by atoms with E-state index in [1.54, 1.807) is 0 Å². The Morgan fingerprint density at radius 1 is 1.50 bits per heavy atom. The molecule has 0 radical (unpaired) electrons. The first-order valence-electron chi connectivity index (χ1n) is 5.23. The van der Waals surface area contributed by atoms with Crippen molar-refractivity contribution < 1.29 is 4.79 Å². The first kappa shape index (κ1) is 11.3. The van der Waals surface area contributed by atoms with Gasteiger partial charge in [-0.2, -0.15) is 0 Å². The van der Waals surface area contributed by atoms with Crippen LogP contribution >= 0.6 is 0 Å². The molecule has 1 rings (SSSR count). The van der Waals surface area contributed by atoms with Crippen molar-refractivity contribution in [3.63, 3.8) is 0 Å². The third-order valence-electron chi connectivity index (χ3n) is 2.96. The predicted octanol–water partition coefficient (Wildman–Crippen LogP) is 0.965. The summed E-state index contributed by atoms with van der Waals surface area (Å²) in [6.45, 7) is 6.60. The van der Waals surface area contributed by atoms with Gasteiger partial charge in [0.25, 0.3) is 0 Å². The average molecular weight is 199 g/mol. The van der Waals surface area contributed by atoms with Crippen LogP contribution in [0.15, 0.2) is 0 Å². The van der Waals surface area contributed by atoms with Crippen LogP contribution in [0.1, 0.15) is 40.0 Å². The molecule has 0 aromatic carbocycles. The lowest BCUT2D eigenvalue weighted by Gasteiger charge is -2.26. The van der Waals surface area contributed by atoms with Crippen molar-refractivity contribution in [2.24, 2.45) is 5.73 Å². The minimum Gasteiger partial charge on any atom is -0.333 e. The Morgan fingerprint density at radius 2 is 2.07 bits per heavy atom. The van der Waals surface area contributed by atoms with Gasteiger partial charge in [-0.05, 0) is 33.1 Å². The lowest BCUT2D eigenvalue weighted by Crippen LogP contribution is -2.53. The van der Waals surface area contributed by atoms with Crippen LogP contribution in [0, 0.1) is 0 Å². The van der Waals surface area contributed by atoms with E-state index in [2.05, 4.69) is 17.6 Å². The molecule has 4 heteroatoms. The molecule has 0 saturated heterocycles. The first-order chi connectivity index (χ1) is 6.43. The summed E-state index contributed by atoms with van der Waals surface area (Å²) in [6, 6.07) is -0.0974. The molecule has 0 spiro atoms. The molecule has 0 aromatic rings. The minimum atomic E-state index is -0.144. The normalized spacial score (nSPS) is 18.9. The fourth-order valence-corrected chi connectivity index (χ4v) is 1.20. The second-order valence-corrected chi connectivity index (χ2v) is 4.80. The van der Waals surface area contributed by atoms with E-state index in [4.69, 9.17) is 5.73 Å². The van der Waals surface area contributed by atoms with Crippen LogP contribution < -0.4 is 16.4 Å². The molecule has 1 aliphatic carbocycles. The van der Waals surface area contributed by atoms with Crippen molar-refractivity contribution >= 4 is 6.03 Å². The van der Waals surface area contributed by atoms with Crippen LogP contribution in [-0.2, 0) is 0 Å². The van der Waals surface area contributed by atoms with Crippen LogP contribution in [0.3, 0.4) is 0 Å². The Morgan fingerprint density at radius 3 is 2.43 bits per heavy atom. The number of carbonyl (C=O) groups excluding carboxylic acids is 1. The van der Waals surface area contributed by atoms with Gasteiger partial charge in [0.2, 0.25) is 0 Å². The van der Waals surface area contributed by atoms with Crippen molar-refractivity contribution in [1.82, 2.24) is 10.6 Å². The summed E-state index contributed by atoms with van der Waals surface area (Å²) >= 11 is 0. The van der Waals surface area contributed by atoms with Crippen molar-refractivity contribution in [2.75, 3.05) is 6.54 Å². The van der Waals surface area contributed by atoms with Crippen LogP contribution in [-0.4, -0.2) is 23.7 Å². The molecule has 82 valence electrons. The number of nitrogens with two attached hydrogens (primary N) is 1. The summed E-state index contributed by atoms with van der Waals surface area (Å²) in [4.78, 5) is 11.6. The first-order valence-corrected chi connectivity index (χ1v) is 5.23. The molecule has 1 fully saturated rings. The Hall–Kier alpha value is -0.770. The molecule has 4 N–H and O–H groups in total. The van der Waals surface area contributed by atoms with E-state index in [0.717, 1.165) is 19.3 Å². The molecule has 0 heterocycles. The largest absolute Gasteiger partial charge is 0.333 e. The third kappa shape index (κ3) is 2.87. The lowest BCUT2D eigenvalue weighted by atomic mass is 10.0. The Bertz CT molecular complexity index is 211. The fraction of sp³-hybridized carbons (Fsp3) is 0.900. The zero-order chi connectivity index (χ0) is 10.8. The van der Waals surface area contributed by atoms with Gasteiger partial charge < -0.3 is 16.4 Å². The SMILES string of the molecule is CCC(C)(C)NC(=O)NC1(CN)CC1. The third-order valence-corrected chi connectivity index (χ3v) is 2.96. The molecule has 0 unspecified atom stereocenters. The molecule has 0 aromatic heterocycles. The van der Waals surface area contributed by atoms with E-state index >= 15 is 0 Å². The van der Waals surface area contributed by atoms with Gasteiger partial charge in [-0.25, -0.2) is 4.79 Å². The van der Waals surface area contributed by atoms with Gasteiger partial charge in [-0.3, -0.25) is 0 Å². The quantitative estimate of drug-likeness (QED) is 0.631. The smallest absolute Gasteiger partial charge is 0.315 e. The number of urea groups is 1. The summed E-state index contributed by atoms with van der Waals surface area (Å²) in [5.41, 5.74) is 5.32. The highest BCUT2D eigenvalue weighted by atomic mass is 16.2. The van der Waals surface area contributed by atoms with E-state index in [1.807, 2.05) is 13.8 Å². The highest BCUT2D eigenvalue weighted by molar-refractivity contribution is 5.76.